The van der Waals surface area contributed by atoms with Gasteiger partial charge in [0.05, 0.1) is 18.4 Å². The zero-order chi connectivity index (χ0) is 22.4. The molecular weight excluding hydrogens is 396 g/mol. The number of amides is 1. The fourth-order valence-electron chi connectivity index (χ4n) is 3.10. The van der Waals surface area contributed by atoms with Crippen LogP contribution in [0.15, 0.2) is 73.0 Å². The van der Waals surface area contributed by atoms with Crippen molar-refractivity contribution < 1.29 is 19.4 Å². The van der Waals surface area contributed by atoms with E-state index in [1.165, 1.54) is 12.3 Å². The van der Waals surface area contributed by atoms with E-state index in [0.29, 0.717) is 12.2 Å². The van der Waals surface area contributed by atoms with Crippen LogP contribution in [0.2, 0.25) is 0 Å². The molecule has 0 saturated heterocycles. The number of aliphatic carboxylic acids is 1. The largest absolute Gasteiger partial charge is 0.497 e. The van der Waals surface area contributed by atoms with Crippen molar-refractivity contribution in [2.24, 2.45) is 0 Å². The Morgan fingerprint density at radius 2 is 2.19 bits per heavy atom. The van der Waals surface area contributed by atoms with Gasteiger partial charge in [0, 0.05) is 17.5 Å². The third kappa shape index (κ3) is 4.92. The van der Waals surface area contributed by atoms with E-state index in [0.717, 1.165) is 17.0 Å². The Hall–Kier alpha value is -4.07. The lowest BCUT2D eigenvalue weighted by molar-refractivity contribution is -0.132. The zero-order valence-corrected chi connectivity index (χ0v) is 17.3. The lowest BCUT2D eigenvalue weighted by Crippen LogP contribution is -2.43. The van der Waals surface area contributed by atoms with Crippen LogP contribution in [-0.2, 0) is 11.2 Å². The number of carbonyl (C=O) groups excluding carboxylic acids is 1. The van der Waals surface area contributed by atoms with Crippen LogP contribution in [0.4, 0.5) is 0 Å². The van der Waals surface area contributed by atoms with Crippen molar-refractivity contribution in [3.63, 3.8) is 0 Å². The first-order chi connectivity index (χ1) is 15.0. The molecule has 3 rings (SSSR count). The van der Waals surface area contributed by atoms with Gasteiger partial charge in [-0.3, -0.25) is 4.79 Å². The number of ether oxygens (including phenoxy) is 1. The number of benzene rings is 1. The van der Waals surface area contributed by atoms with Gasteiger partial charge in [-0.1, -0.05) is 31.7 Å². The molecule has 0 radical (unpaired) electrons. The average Bonchev–Trinajstić information content (AvgIpc) is 3.22. The maximum Gasteiger partial charge on any atom is 0.337 e. The molecule has 3 N–H and O–H groups in total. The number of carbonyl (C=O) groups is 2. The lowest BCUT2D eigenvalue weighted by atomic mass is 10.1. The standard InChI is InChI=1S/C23H24N4O4/c1-4-7-20(15-8-6-9-18(12-15)31-3)27-17(5-2)13-19(26-27)22(28)25-21-11-10-16(14-24-21)23(29)30/h4,6-14,21,24H,1,5H2,2-3H3,(H,25,28)(H,29,30)/b20-7-. The van der Waals surface area contributed by atoms with E-state index in [9.17, 15) is 9.59 Å². The van der Waals surface area contributed by atoms with Crippen molar-refractivity contribution in [3.05, 3.63) is 89.9 Å². The monoisotopic (exact) mass is 420 g/mol. The summed E-state index contributed by atoms with van der Waals surface area (Å²) in [5.41, 5.74) is 2.83. The van der Waals surface area contributed by atoms with Crippen LogP contribution < -0.4 is 15.4 Å². The van der Waals surface area contributed by atoms with Crippen LogP contribution in [0, 0.1) is 0 Å². The zero-order valence-electron chi connectivity index (χ0n) is 17.3. The summed E-state index contributed by atoms with van der Waals surface area (Å²) >= 11 is 0. The number of hydrogen-bond donors (Lipinski definition) is 3. The number of hydrogen-bond acceptors (Lipinski definition) is 5. The first-order valence-corrected chi connectivity index (χ1v) is 9.71. The highest BCUT2D eigenvalue weighted by Crippen LogP contribution is 2.24. The van der Waals surface area contributed by atoms with Crippen LogP contribution in [0.1, 0.15) is 28.7 Å². The van der Waals surface area contributed by atoms with Crippen LogP contribution in [0.25, 0.3) is 5.70 Å². The Balaban J connectivity index is 1.86. The summed E-state index contributed by atoms with van der Waals surface area (Å²) in [6.45, 7) is 5.78. The van der Waals surface area contributed by atoms with Gasteiger partial charge < -0.3 is 20.5 Å². The first kappa shape index (κ1) is 21.6. The second-order valence-electron chi connectivity index (χ2n) is 6.69. The van der Waals surface area contributed by atoms with Gasteiger partial charge in [-0.2, -0.15) is 5.10 Å². The molecule has 1 atom stereocenters. The fraction of sp³-hybridized carbons (Fsp3) is 0.174. The van der Waals surface area contributed by atoms with E-state index in [-0.39, 0.29) is 17.2 Å². The summed E-state index contributed by atoms with van der Waals surface area (Å²) in [5, 5.41) is 19.1. The number of nitrogens with one attached hydrogen (secondary N) is 2. The van der Waals surface area contributed by atoms with Crippen molar-refractivity contribution in [1.82, 2.24) is 20.4 Å². The number of carboxylic acids is 1. The van der Waals surface area contributed by atoms with Gasteiger partial charge in [0.15, 0.2) is 5.69 Å². The van der Waals surface area contributed by atoms with Gasteiger partial charge in [-0.05, 0) is 42.8 Å². The summed E-state index contributed by atoms with van der Waals surface area (Å²) in [7, 11) is 1.60. The van der Waals surface area contributed by atoms with Gasteiger partial charge in [-0.25, -0.2) is 9.48 Å². The van der Waals surface area contributed by atoms with Gasteiger partial charge in [-0.15, -0.1) is 0 Å². The Labute approximate surface area is 180 Å². The summed E-state index contributed by atoms with van der Waals surface area (Å²) in [5.74, 6) is -0.718. The van der Waals surface area contributed by atoms with Crippen molar-refractivity contribution in [2.75, 3.05) is 7.11 Å². The van der Waals surface area contributed by atoms with Gasteiger partial charge in [0.25, 0.3) is 5.91 Å². The van der Waals surface area contributed by atoms with E-state index < -0.39 is 12.1 Å². The molecule has 1 unspecified atom stereocenters. The number of carboxylic acid groups (broad SMARTS) is 1. The van der Waals surface area contributed by atoms with E-state index in [2.05, 4.69) is 22.3 Å². The first-order valence-electron chi connectivity index (χ1n) is 9.71. The van der Waals surface area contributed by atoms with Crippen molar-refractivity contribution in [1.29, 1.82) is 0 Å². The number of nitrogens with zero attached hydrogens (tertiary/aromatic N) is 2. The third-order valence-corrected chi connectivity index (χ3v) is 4.67. The Morgan fingerprint density at radius 3 is 2.81 bits per heavy atom. The van der Waals surface area contributed by atoms with Crippen LogP contribution in [0.3, 0.4) is 0 Å². The summed E-state index contributed by atoms with van der Waals surface area (Å²) in [4.78, 5) is 23.7. The predicted octanol–water partition coefficient (Wildman–Crippen LogP) is 2.71. The minimum absolute atomic E-state index is 0.112. The van der Waals surface area contributed by atoms with Crippen LogP contribution in [0.5, 0.6) is 5.75 Å². The van der Waals surface area contributed by atoms with Crippen LogP contribution >= 0.6 is 0 Å². The molecule has 1 aromatic heterocycles. The molecule has 1 amide bonds. The smallest absolute Gasteiger partial charge is 0.337 e. The quantitative estimate of drug-likeness (QED) is 0.567. The SMILES string of the molecule is C=C/C=C(/c1cccc(OC)c1)n1nc(C(=O)NC2C=CC(C(=O)O)=CN2)cc1CC. The molecule has 2 aromatic rings. The Bertz CT molecular complexity index is 1090. The van der Waals surface area contributed by atoms with Crippen molar-refractivity contribution in [3.8, 4) is 5.75 Å². The topological polar surface area (TPSA) is 105 Å². The molecule has 0 aliphatic carbocycles. The molecule has 1 aliphatic rings. The Kier molecular flexibility index (Phi) is 6.71. The molecular formula is C23H24N4O4. The molecule has 1 aliphatic heterocycles. The number of rotatable bonds is 8. The lowest BCUT2D eigenvalue weighted by Gasteiger charge is -2.18. The molecule has 0 fully saturated rings. The van der Waals surface area contributed by atoms with Gasteiger partial charge >= 0.3 is 5.97 Å². The van der Waals surface area contributed by atoms with Crippen molar-refractivity contribution >= 4 is 17.6 Å². The molecule has 0 bridgehead atoms. The van der Waals surface area contributed by atoms with E-state index in [1.54, 1.807) is 30.0 Å². The van der Waals surface area contributed by atoms with Crippen molar-refractivity contribution in [2.45, 2.75) is 19.5 Å². The number of dihydropyridines is 1. The minimum Gasteiger partial charge on any atom is -0.497 e. The fourth-order valence-corrected chi connectivity index (χ4v) is 3.10. The predicted molar refractivity (Wildman–Crippen MR) is 117 cm³/mol. The Morgan fingerprint density at radius 1 is 1.39 bits per heavy atom. The molecule has 2 heterocycles. The summed E-state index contributed by atoms with van der Waals surface area (Å²) < 4.78 is 7.04. The molecule has 1 aromatic carbocycles. The molecule has 8 heteroatoms. The van der Waals surface area contributed by atoms with E-state index in [4.69, 9.17) is 9.84 Å². The highest BCUT2D eigenvalue weighted by atomic mass is 16.5. The third-order valence-electron chi connectivity index (χ3n) is 4.67. The average molecular weight is 420 g/mol. The van der Waals surface area contributed by atoms with E-state index >= 15 is 0 Å². The minimum atomic E-state index is -1.04. The molecule has 160 valence electrons. The number of allylic oxidation sites excluding steroid dienone is 2. The maximum atomic E-state index is 12.8. The van der Waals surface area contributed by atoms with Crippen LogP contribution in [-0.4, -0.2) is 40.0 Å². The molecule has 8 nitrogen and oxygen atoms in total. The normalized spacial score (nSPS) is 15.6. The number of aromatic nitrogens is 2. The number of aryl methyl sites for hydroxylation is 1. The molecule has 0 spiro atoms. The summed E-state index contributed by atoms with van der Waals surface area (Å²) in [6.07, 6.45) is 7.96. The molecule has 31 heavy (non-hydrogen) atoms. The second-order valence-corrected chi connectivity index (χ2v) is 6.69. The highest BCUT2D eigenvalue weighted by molar-refractivity contribution is 5.93. The van der Waals surface area contributed by atoms with Gasteiger partial charge in [0.1, 0.15) is 11.9 Å². The summed E-state index contributed by atoms with van der Waals surface area (Å²) in [6, 6.07) is 9.29. The van der Waals surface area contributed by atoms with Gasteiger partial charge in [0.2, 0.25) is 0 Å². The second kappa shape index (κ2) is 9.62. The number of methoxy groups -OCH3 is 1. The van der Waals surface area contributed by atoms with E-state index in [1.807, 2.05) is 37.3 Å². The molecule has 0 saturated carbocycles. The highest BCUT2D eigenvalue weighted by Gasteiger charge is 2.20. The maximum absolute atomic E-state index is 12.8.